The molecule has 0 spiro atoms. The van der Waals surface area contributed by atoms with Crippen LogP contribution in [0.1, 0.15) is 32.1 Å². The van der Waals surface area contributed by atoms with Crippen LogP contribution in [0, 0.1) is 11.3 Å². The monoisotopic (exact) mass is 344 g/mol. The van der Waals surface area contributed by atoms with Gasteiger partial charge >= 0.3 is 0 Å². The van der Waals surface area contributed by atoms with Crippen molar-refractivity contribution < 1.29 is 13.2 Å². The van der Waals surface area contributed by atoms with E-state index in [0.29, 0.717) is 13.0 Å². The summed E-state index contributed by atoms with van der Waals surface area (Å²) in [4.78, 5) is 17.6. The van der Waals surface area contributed by atoms with Gasteiger partial charge in [0.25, 0.3) is 0 Å². The molecule has 1 aliphatic heterocycles. The van der Waals surface area contributed by atoms with Gasteiger partial charge < -0.3 is 16.0 Å². The van der Waals surface area contributed by atoms with Crippen LogP contribution >= 0.6 is 0 Å². The summed E-state index contributed by atoms with van der Waals surface area (Å²) in [5, 5.41) is 3.33. The molecule has 1 amide bonds. The molecule has 0 radical (unpaired) electrons. The number of piperidine rings is 1. The minimum absolute atomic E-state index is 0.133. The fraction of sp³-hybridized carbons (Fsp3) is 0.867. The van der Waals surface area contributed by atoms with Gasteiger partial charge in [0, 0.05) is 44.8 Å². The summed E-state index contributed by atoms with van der Waals surface area (Å²) in [5.74, 6) is 1.03. The van der Waals surface area contributed by atoms with Gasteiger partial charge in [0.1, 0.15) is 9.84 Å². The third-order valence-electron chi connectivity index (χ3n) is 4.67. The first-order valence-corrected chi connectivity index (χ1v) is 10.2. The van der Waals surface area contributed by atoms with Crippen LogP contribution in [0.2, 0.25) is 0 Å². The van der Waals surface area contributed by atoms with Gasteiger partial charge in [-0.2, -0.15) is 0 Å². The number of nitrogens with zero attached hydrogens (tertiary/aromatic N) is 2. The third-order valence-corrected chi connectivity index (χ3v) is 5.80. The average molecular weight is 344 g/mol. The Morgan fingerprint density at radius 2 is 2.13 bits per heavy atom. The number of hydrogen-bond donors (Lipinski definition) is 2. The lowest BCUT2D eigenvalue weighted by Crippen LogP contribution is -2.48. The van der Waals surface area contributed by atoms with Gasteiger partial charge in [-0.15, -0.1) is 0 Å². The molecule has 3 N–H and O–H groups in total. The van der Waals surface area contributed by atoms with Gasteiger partial charge in [-0.05, 0) is 31.6 Å². The molecule has 0 aromatic rings. The summed E-state index contributed by atoms with van der Waals surface area (Å²) in [5.41, 5.74) is 5.17. The maximum Gasteiger partial charge on any atom is 0.217 e. The highest BCUT2D eigenvalue weighted by atomic mass is 32.2. The highest BCUT2D eigenvalue weighted by molar-refractivity contribution is 7.90. The van der Waals surface area contributed by atoms with E-state index in [-0.39, 0.29) is 23.0 Å². The third kappa shape index (κ3) is 5.67. The predicted octanol–water partition coefficient (Wildman–Crippen LogP) is -0.0260. The van der Waals surface area contributed by atoms with Gasteiger partial charge in [0.15, 0.2) is 5.96 Å². The molecule has 2 aliphatic rings. The zero-order valence-electron chi connectivity index (χ0n) is 14.0. The molecule has 2 rings (SSSR count). The second-order valence-corrected chi connectivity index (χ2v) is 9.24. The average Bonchev–Trinajstić information content (AvgIpc) is 3.16. The van der Waals surface area contributed by atoms with Crippen LogP contribution in [0.25, 0.3) is 0 Å². The molecule has 1 atom stereocenters. The Balaban J connectivity index is 1.89. The number of carbonyl (C=O) groups excluding carboxylic acids is 1. The van der Waals surface area contributed by atoms with E-state index < -0.39 is 9.84 Å². The Kier molecular flexibility index (Phi) is 5.54. The number of amides is 1. The van der Waals surface area contributed by atoms with E-state index in [1.807, 2.05) is 0 Å². The number of primary amides is 1. The SMILES string of the molecule is CN=C(NCC1(CS(C)(=O)=O)CC1)N1CCCC(CC(N)=O)C1. The molecular formula is C15H28N4O3S. The van der Waals surface area contributed by atoms with E-state index in [0.717, 1.165) is 44.7 Å². The van der Waals surface area contributed by atoms with E-state index >= 15 is 0 Å². The number of nitrogens with one attached hydrogen (secondary N) is 1. The molecule has 23 heavy (non-hydrogen) atoms. The predicted molar refractivity (Wildman–Crippen MR) is 90.8 cm³/mol. The number of likely N-dealkylation sites (tertiary alicyclic amines) is 1. The maximum absolute atomic E-state index is 11.5. The van der Waals surface area contributed by atoms with Crippen LogP contribution < -0.4 is 11.1 Å². The lowest BCUT2D eigenvalue weighted by atomic mass is 9.95. The Morgan fingerprint density at radius 1 is 1.43 bits per heavy atom. The van der Waals surface area contributed by atoms with Crippen molar-refractivity contribution in [3.8, 4) is 0 Å². The number of nitrogens with two attached hydrogens (primary N) is 1. The zero-order chi connectivity index (χ0) is 17.1. The molecule has 2 fully saturated rings. The van der Waals surface area contributed by atoms with Crippen molar-refractivity contribution in [3.05, 3.63) is 0 Å². The van der Waals surface area contributed by atoms with Gasteiger partial charge in [-0.25, -0.2) is 8.42 Å². The Labute approximate surface area is 138 Å². The molecule has 0 aromatic carbocycles. The van der Waals surface area contributed by atoms with Crippen molar-refractivity contribution >= 4 is 21.7 Å². The summed E-state index contributed by atoms with van der Waals surface area (Å²) < 4.78 is 23.1. The second-order valence-electron chi connectivity index (χ2n) is 7.10. The number of hydrogen-bond acceptors (Lipinski definition) is 4. The Morgan fingerprint density at radius 3 is 2.65 bits per heavy atom. The summed E-state index contributed by atoms with van der Waals surface area (Å²) in [6, 6.07) is 0. The molecule has 7 nitrogen and oxygen atoms in total. The minimum Gasteiger partial charge on any atom is -0.370 e. The van der Waals surface area contributed by atoms with E-state index in [1.165, 1.54) is 6.26 Å². The van der Waals surface area contributed by atoms with Crippen molar-refractivity contribution in [1.82, 2.24) is 10.2 Å². The smallest absolute Gasteiger partial charge is 0.217 e. The van der Waals surface area contributed by atoms with Crippen molar-refractivity contribution in [2.45, 2.75) is 32.1 Å². The number of rotatable bonds is 6. The number of carbonyl (C=O) groups is 1. The normalized spacial score (nSPS) is 24.3. The highest BCUT2D eigenvalue weighted by Crippen LogP contribution is 2.46. The maximum atomic E-state index is 11.5. The van der Waals surface area contributed by atoms with Gasteiger partial charge in [-0.1, -0.05) is 0 Å². The van der Waals surface area contributed by atoms with Crippen molar-refractivity contribution in [3.63, 3.8) is 0 Å². The zero-order valence-corrected chi connectivity index (χ0v) is 14.9. The molecule has 1 saturated heterocycles. The molecule has 1 heterocycles. The van der Waals surface area contributed by atoms with Crippen molar-refractivity contribution in [1.29, 1.82) is 0 Å². The fourth-order valence-corrected chi connectivity index (χ4v) is 4.92. The lowest BCUT2D eigenvalue weighted by Gasteiger charge is -2.35. The first kappa shape index (κ1) is 18.0. The van der Waals surface area contributed by atoms with Crippen LogP contribution in [0.4, 0.5) is 0 Å². The molecule has 8 heteroatoms. The largest absolute Gasteiger partial charge is 0.370 e. The van der Waals surface area contributed by atoms with E-state index in [4.69, 9.17) is 5.73 Å². The van der Waals surface area contributed by atoms with Crippen molar-refractivity contribution in [2.24, 2.45) is 22.1 Å². The van der Waals surface area contributed by atoms with Crippen molar-refractivity contribution in [2.75, 3.05) is 38.7 Å². The molecule has 1 saturated carbocycles. The van der Waals surface area contributed by atoms with Crippen LogP contribution in [0.5, 0.6) is 0 Å². The standard InChI is InChI=1S/C15H28N4O3S/c1-17-14(18-10-15(5-6-15)11-23(2,21)22)19-7-3-4-12(9-19)8-13(16)20/h12H,3-11H2,1-2H3,(H2,16,20)(H,17,18). The van der Waals surface area contributed by atoms with Crippen LogP contribution in [0.3, 0.4) is 0 Å². The minimum atomic E-state index is -2.97. The Bertz CT molecular complexity index is 569. The molecule has 1 unspecified atom stereocenters. The summed E-state index contributed by atoms with van der Waals surface area (Å²) >= 11 is 0. The molecular weight excluding hydrogens is 316 g/mol. The molecule has 132 valence electrons. The lowest BCUT2D eigenvalue weighted by molar-refractivity contribution is -0.119. The Hall–Kier alpha value is -1.31. The van der Waals surface area contributed by atoms with Crippen LogP contribution in [-0.2, 0) is 14.6 Å². The summed E-state index contributed by atoms with van der Waals surface area (Å²) in [7, 11) is -1.23. The van der Waals surface area contributed by atoms with Gasteiger partial charge in [-0.3, -0.25) is 9.79 Å². The summed E-state index contributed by atoms with van der Waals surface area (Å²) in [6.07, 6.45) is 5.59. The van der Waals surface area contributed by atoms with Crippen LogP contribution in [0.15, 0.2) is 4.99 Å². The fourth-order valence-electron chi connectivity index (χ4n) is 3.41. The second kappa shape index (κ2) is 7.07. The number of sulfone groups is 1. The topological polar surface area (TPSA) is 105 Å². The quantitative estimate of drug-likeness (QED) is 0.520. The van der Waals surface area contributed by atoms with Gasteiger partial charge in [0.2, 0.25) is 5.91 Å². The number of aliphatic imine (C=N–C) groups is 1. The molecule has 0 bridgehead atoms. The highest BCUT2D eigenvalue weighted by Gasteiger charge is 2.45. The first-order chi connectivity index (χ1) is 10.7. The molecule has 1 aliphatic carbocycles. The summed E-state index contributed by atoms with van der Waals surface area (Å²) in [6.45, 7) is 2.29. The van der Waals surface area contributed by atoms with E-state index in [9.17, 15) is 13.2 Å². The van der Waals surface area contributed by atoms with Gasteiger partial charge in [0.05, 0.1) is 5.75 Å². The molecule has 0 aromatic heterocycles. The first-order valence-electron chi connectivity index (χ1n) is 8.15. The number of guanidine groups is 1. The van der Waals surface area contributed by atoms with E-state index in [1.54, 1.807) is 7.05 Å². The van der Waals surface area contributed by atoms with Crippen LogP contribution in [-0.4, -0.2) is 63.9 Å². The van der Waals surface area contributed by atoms with E-state index in [2.05, 4.69) is 15.2 Å².